The van der Waals surface area contributed by atoms with Crippen LogP contribution in [-0.4, -0.2) is 44.9 Å². The zero-order valence-electron chi connectivity index (χ0n) is 10.5. The lowest BCUT2D eigenvalue weighted by Crippen LogP contribution is -2.45. The molecule has 0 saturated carbocycles. The van der Waals surface area contributed by atoms with Crippen LogP contribution in [0.4, 0.5) is 8.78 Å². The summed E-state index contributed by atoms with van der Waals surface area (Å²) >= 11 is 0. The maximum atomic E-state index is 13.3. The minimum absolute atomic E-state index is 0.168. The lowest BCUT2D eigenvalue weighted by atomic mass is 10.0. The minimum atomic E-state index is -0.477. The van der Waals surface area contributed by atoms with Crippen molar-refractivity contribution in [3.8, 4) is 5.75 Å². The van der Waals surface area contributed by atoms with Gasteiger partial charge in [0.15, 0.2) is 11.6 Å². The fourth-order valence-electron chi connectivity index (χ4n) is 2.27. The first-order valence-corrected chi connectivity index (χ1v) is 6.10. The van der Waals surface area contributed by atoms with E-state index >= 15 is 0 Å². The second-order valence-electron chi connectivity index (χ2n) is 4.35. The van der Waals surface area contributed by atoms with Gasteiger partial charge in [-0.3, -0.25) is 4.90 Å². The fraction of sp³-hybridized carbons (Fsp3) is 0.538. The molecule has 0 unspecified atom stereocenters. The van der Waals surface area contributed by atoms with Crippen LogP contribution in [0.1, 0.15) is 11.6 Å². The Morgan fingerprint density at radius 3 is 2.72 bits per heavy atom. The normalized spacial score (nSPS) is 18.6. The largest absolute Gasteiger partial charge is 0.494 e. The average molecular weight is 256 g/mol. The highest BCUT2D eigenvalue weighted by molar-refractivity contribution is 5.32. The van der Waals surface area contributed by atoms with Crippen molar-refractivity contribution in [2.45, 2.75) is 6.04 Å². The van der Waals surface area contributed by atoms with E-state index in [1.54, 1.807) is 12.1 Å². The summed E-state index contributed by atoms with van der Waals surface area (Å²) in [4.78, 5) is 2.07. The predicted molar refractivity (Wildman–Crippen MR) is 66.1 cm³/mol. The highest BCUT2D eigenvalue weighted by Crippen LogP contribution is 2.27. The Bertz CT molecular complexity index is 395. The highest BCUT2D eigenvalue weighted by Gasteiger charge is 2.22. The lowest BCUT2D eigenvalue weighted by Gasteiger charge is -2.33. The number of piperazine rings is 1. The molecule has 1 aromatic carbocycles. The van der Waals surface area contributed by atoms with Crippen molar-refractivity contribution in [2.75, 3.05) is 40.0 Å². The molecule has 0 bridgehead atoms. The summed E-state index contributed by atoms with van der Waals surface area (Å²) in [7, 11) is 1.41. The van der Waals surface area contributed by atoms with Crippen LogP contribution in [0.5, 0.6) is 5.75 Å². The third-order valence-electron chi connectivity index (χ3n) is 3.30. The first kappa shape index (κ1) is 13.2. The SMILES string of the molecule is COc1cc([C@@H](CF)N2CCNCC2)ccc1F. The van der Waals surface area contributed by atoms with Gasteiger partial charge in [0.2, 0.25) is 0 Å². The predicted octanol–water partition coefficient (Wildman–Crippen LogP) is 1.75. The molecule has 1 heterocycles. The maximum absolute atomic E-state index is 13.3. The molecule has 2 rings (SSSR count). The zero-order chi connectivity index (χ0) is 13.0. The van der Waals surface area contributed by atoms with E-state index in [9.17, 15) is 8.78 Å². The Balaban J connectivity index is 2.20. The molecule has 1 aliphatic heterocycles. The van der Waals surface area contributed by atoms with E-state index < -0.39 is 12.5 Å². The molecule has 0 radical (unpaired) electrons. The van der Waals surface area contributed by atoms with Gasteiger partial charge in [-0.1, -0.05) is 6.07 Å². The standard InChI is InChI=1S/C13H18F2N2O/c1-18-13-8-10(2-3-11(13)15)12(9-14)17-6-4-16-5-7-17/h2-3,8,12,16H,4-7,9H2,1H3/t12-/m1/s1. The van der Waals surface area contributed by atoms with Crippen molar-refractivity contribution >= 4 is 0 Å². The fourth-order valence-corrected chi connectivity index (χ4v) is 2.27. The molecule has 0 spiro atoms. The number of hydrogen-bond acceptors (Lipinski definition) is 3. The van der Waals surface area contributed by atoms with E-state index in [2.05, 4.69) is 10.2 Å². The Morgan fingerprint density at radius 1 is 1.39 bits per heavy atom. The summed E-state index contributed by atoms with van der Waals surface area (Å²) in [6.07, 6.45) is 0. The van der Waals surface area contributed by atoms with E-state index in [1.165, 1.54) is 13.2 Å². The topological polar surface area (TPSA) is 24.5 Å². The third-order valence-corrected chi connectivity index (χ3v) is 3.30. The second kappa shape index (κ2) is 6.11. The van der Waals surface area contributed by atoms with Crippen molar-refractivity contribution < 1.29 is 13.5 Å². The van der Waals surface area contributed by atoms with Gasteiger partial charge in [0, 0.05) is 26.2 Å². The first-order valence-electron chi connectivity index (χ1n) is 6.10. The number of methoxy groups -OCH3 is 1. The van der Waals surface area contributed by atoms with Crippen molar-refractivity contribution in [3.63, 3.8) is 0 Å². The molecule has 0 aromatic heterocycles. The Hall–Kier alpha value is -1.20. The van der Waals surface area contributed by atoms with Gasteiger partial charge < -0.3 is 10.1 Å². The summed E-state index contributed by atoms with van der Waals surface area (Å²) in [5.41, 5.74) is 0.762. The van der Waals surface area contributed by atoms with E-state index in [-0.39, 0.29) is 11.8 Å². The lowest BCUT2D eigenvalue weighted by molar-refractivity contribution is 0.147. The van der Waals surface area contributed by atoms with Crippen molar-refractivity contribution in [1.29, 1.82) is 0 Å². The molecule has 3 nitrogen and oxygen atoms in total. The van der Waals surface area contributed by atoms with Crippen LogP contribution in [0.15, 0.2) is 18.2 Å². The summed E-state index contributed by atoms with van der Waals surface area (Å²) < 4.78 is 31.5. The molecule has 0 amide bonds. The zero-order valence-corrected chi connectivity index (χ0v) is 10.5. The van der Waals surface area contributed by atoms with E-state index in [4.69, 9.17) is 4.74 Å². The molecule has 1 aromatic rings. The monoisotopic (exact) mass is 256 g/mol. The number of benzene rings is 1. The molecule has 1 N–H and O–H groups in total. The van der Waals surface area contributed by atoms with Gasteiger partial charge in [-0.15, -0.1) is 0 Å². The summed E-state index contributed by atoms with van der Waals surface area (Å²) in [6.45, 7) is 2.83. The minimum Gasteiger partial charge on any atom is -0.494 e. The number of rotatable bonds is 4. The van der Waals surface area contributed by atoms with Crippen molar-refractivity contribution in [3.05, 3.63) is 29.6 Å². The molecule has 1 fully saturated rings. The number of nitrogens with zero attached hydrogens (tertiary/aromatic N) is 1. The summed E-state index contributed by atoms with van der Waals surface area (Å²) in [5, 5.41) is 3.23. The molecule has 18 heavy (non-hydrogen) atoms. The van der Waals surface area contributed by atoms with Gasteiger partial charge in [0.05, 0.1) is 13.2 Å². The third kappa shape index (κ3) is 2.79. The highest BCUT2D eigenvalue weighted by atomic mass is 19.1. The van der Waals surface area contributed by atoms with Crippen LogP contribution in [-0.2, 0) is 0 Å². The molecular weight excluding hydrogens is 238 g/mol. The summed E-state index contributed by atoms with van der Waals surface area (Å²) in [6, 6.07) is 4.23. The van der Waals surface area contributed by atoms with E-state index in [1.807, 2.05) is 0 Å². The van der Waals surface area contributed by atoms with Crippen LogP contribution in [0.3, 0.4) is 0 Å². The maximum Gasteiger partial charge on any atom is 0.165 e. The van der Waals surface area contributed by atoms with Crippen LogP contribution < -0.4 is 10.1 Å². The Morgan fingerprint density at radius 2 is 2.11 bits per heavy atom. The van der Waals surface area contributed by atoms with Crippen LogP contribution in [0.25, 0.3) is 0 Å². The number of halogens is 2. The molecule has 1 aliphatic rings. The molecule has 0 aliphatic carbocycles. The van der Waals surface area contributed by atoms with Gasteiger partial charge in [-0.05, 0) is 17.7 Å². The average Bonchev–Trinajstić information content (AvgIpc) is 2.42. The van der Waals surface area contributed by atoms with Gasteiger partial charge in [0.25, 0.3) is 0 Å². The van der Waals surface area contributed by atoms with Crippen molar-refractivity contribution in [2.24, 2.45) is 0 Å². The van der Waals surface area contributed by atoms with E-state index in [0.717, 1.165) is 31.7 Å². The number of nitrogens with one attached hydrogen (secondary N) is 1. The number of hydrogen-bond donors (Lipinski definition) is 1. The molecule has 1 atom stereocenters. The Labute approximate surface area is 106 Å². The van der Waals surface area contributed by atoms with Crippen LogP contribution in [0, 0.1) is 5.82 Å². The quantitative estimate of drug-likeness (QED) is 0.888. The van der Waals surface area contributed by atoms with Crippen LogP contribution in [0.2, 0.25) is 0 Å². The van der Waals surface area contributed by atoms with Gasteiger partial charge >= 0.3 is 0 Å². The molecular formula is C13H18F2N2O. The molecule has 100 valence electrons. The number of ether oxygens (including phenoxy) is 1. The second-order valence-corrected chi connectivity index (χ2v) is 4.35. The summed E-state index contributed by atoms with van der Waals surface area (Å²) in [5.74, 6) is -0.250. The van der Waals surface area contributed by atoms with Crippen LogP contribution >= 0.6 is 0 Å². The molecule has 1 saturated heterocycles. The molecule has 5 heteroatoms. The first-order chi connectivity index (χ1) is 8.76. The van der Waals surface area contributed by atoms with Crippen molar-refractivity contribution in [1.82, 2.24) is 10.2 Å². The Kier molecular flexibility index (Phi) is 4.49. The van der Waals surface area contributed by atoms with E-state index in [0.29, 0.717) is 0 Å². The van der Waals surface area contributed by atoms with Gasteiger partial charge in [-0.25, -0.2) is 8.78 Å². The van der Waals surface area contributed by atoms with Gasteiger partial charge in [-0.2, -0.15) is 0 Å². The number of alkyl halides is 1. The van der Waals surface area contributed by atoms with Gasteiger partial charge in [0.1, 0.15) is 6.67 Å². The smallest absolute Gasteiger partial charge is 0.165 e.